The molecule has 1 aliphatic heterocycles. The fourth-order valence-corrected chi connectivity index (χ4v) is 4.89. The number of piperazine rings is 1. The molecule has 0 N–H and O–H groups in total. The number of benzene rings is 2. The minimum Gasteiger partial charge on any atom is -0.497 e. The molecule has 36 heavy (non-hydrogen) atoms. The van der Waals surface area contributed by atoms with Crippen LogP contribution in [0.5, 0.6) is 11.5 Å². The Kier molecular flexibility index (Phi) is 6.92. The van der Waals surface area contributed by atoms with Crippen LogP contribution in [0.3, 0.4) is 0 Å². The number of rotatable bonds is 7. The van der Waals surface area contributed by atoms with E-state index in [0.717, 1.165) is 11.3 Å². The molecule has 1 amide bonds. The third-order valence-corrected chi connectivity index (χ3v) is 6.89. The number of ether oxygens (including phenoxy) is 2. The molecule has 5 rings (SSSR count). The maximum atomic E-state index is 13.7. The van der Waals surface area contributed by atoms with Gasteiger partial charge in [0.25, 0.3) is 11.5 Å². The van der Waals surface area contributed by atoms with Crippen LogP contribution in [-0.2, 0) is 11.3 Å². The van der Waals surface area contributed by atoms with Crippen molar-refractivity contribution in [3.8, 4) is 22.1 Å². The second kappa shape index (κ2) is 10.4. The van der Waals surface area contributed by atoms with Crippen LogP contribution in [0.2, 0.25) is 0 Å². The van der Waals surface area contributed by atoms with E-state index in [0.29, 0.717) is 48.4 Å². The molecule has 2 aromatic carbocycles. The summed E-state index contributed by atoms with van der Waals surface area (Å²) in [6.07, 6.45) is 0. The van der Waals surface area contributed by atoms with Crippen molar-refractivity contribution in [2.45, 2.75) is 6.54 Å². The number of aromatic nitrogens is 3. The molecule has 0 unspecified atom stereocenters. The van der Waals surface area contributed by atoms with Crippen molar-refractivity contribution in [2.75, 3.05) is 39.9 Å². The number of carbonyl (C=O) groups excluding carboxylic acids is 1. The van der Waals surface area contributed by atoms with E-state index >= 15 is 0 Å². The van der Waals surface area contributed by atoms with Gasteiger partial charge in [-0.1, -0.05) is 23.5 Å². The van der Waals surface area contributed by atoms with Crippen molar-refractivity contribution < 1.29 is 18.7 Å². The summed E-state index contributed by atoms with van der Waals surface area (Å²) in [5.41, 5.74) is 1.31. The van der Waals surface area contributed by atoms with E-state index < -0.39 is 5.82 Å². The zero-order valence-electron chi connectivity index (χ0n) is 19.6. The van der Waals surface area contributed by atoms with E-state index in [9.17, 15) is 14.0 Å². The van der Waals surface area contributed by atoms with Crippen LogP contribution in [0.15, 0.2) is 59.4 Å². The Morgan fingerprint density at radius 2 is 1.83 bits per heavy atom. The molecule has 9 nitrogen and oxygen atoms in total. The van der Waals surface area contributed by atoms with Crippen molar-refractivity contribution in [1.29, 1.82) is 0 Å². The predicted octanol–water partition coefficient (Wildman–Crippen LogP) is 2.69. The summed E-state index contributed by atoms with van der Waals surface area (Å²) < 4.78 is 25.5. The normalized spacial score (nSPS) is 14.2. The third-order valence-electron chi connectivity index (χ3n) is 5.93. The molecule has 186 valence electrons. The summed E-state index contributed by atoms with van der Waals surface area (Å²) in [6.45, 7) is 2.58. The van der Waals surface area contributed by atoms with Gasteiger partial charge in [0.2, 0.25) is 4.96 Å². The van der Waals surface area contributed by atoms with E-state index in [2.05, 4.69) is 15.0 Å². The van der Waals surface area contributed by atoms with Crippen LogP contribution < -0.4 is 15.0 Å². The second-order valence-corrected chi connectivity index (χ2v) is 9.25. The van der Waals surface area contributed by atoms with Gasteiger partial charge in [-0.25, -0.2) is 9.37 Å². The SMILES string of the molecule is COc1ccc(-c2nn3c(=O)cc(CN4CCN(C(=O)COc5ccccc5F)CC4)nc3s2)cc1. The maximum Gasteiger partial charge on any atom is 0.275 e. The molecule has 4 aromatic rings. The Morgan fingerprint density at radius 1 is 1.08 bits per heavy atom. The van der Waals surface area contributed by atoms with Crippen molar-refractivity contribution in [1.82, 2.24) is 24.4 Å². The Bertz CT molecular complexity index is 1430. The molecule has 1 aliphatic rings. The van der Waals surface area contributed by atoms with E-state index in [-0.39, 0.29) is 23.8 Å². The largest absolute Gasteiger partial charge is 0.497 e. The van der Waals surface area contributed by atoms with Crippen LogP contribution in [0.4, 0.5) is 4.39 Å². The number of amides is 1. The average Bonchev–Trinajstić information content (AvgIpc) is 3.33. The Morgan fingerprint density at radius 3 is 2.56 bits per heavy atom. The van der Waals surface area contributed by atoms with Gasteiger partial charge in [0.05, 0.1) is 12.8 Å². The summed E-state index contributed by atoms with van der Waals surface area (Å²) in [7, 11) is 1.61. The molecular weight excluding hydrogens is 485 g/mol. The van der Waals surface area contributed by atoms with Gasteiger partial charge < -0.3 is 14.4 Å². The zero-order chi connectivity index (χ0) is 25.1. The second-order valence-electron chi connectivity index (χ2n) is 8.29. The minimum atomic E-state index is -0.493. The molecule has 0 bridgehead atoms. The van der Waals surface area contributed by atoms with Crippen LogP contribution >= 0.6 is 11.3 Å². The Balaban J connectivity index is 1.19. The molecule has 11 heteroatoms. The molecular formula is C25H24FN5O4S. The van der Waals surface area contributed by atoms with Crippen LogP contribution in [0, 0.1) is 5.82 Å². The number of fused-ring (bicyclic) bond motifs is 1. The molecule has 0 aliphatic carbocycles. The molecule has 1 fully saturated rings. The van der Waals surface area contributed by atoms with Gasteiger partial charge in [-0.2, -0.15) is 9.61 Å². The summed E-state index contributed by atoms with van der Waals surface area (Å²) in [5, 5.41) is 5.12. The van der Waals surface area contributed by atoms with Gasteiger partial charge in [-0.15, -0.1) is 0 Å². The maximum absolute atomic E-state index is 13.7. The highest BCUT2D eigenvalue weighted by Crippen LogP contribution is 2.26. The van der Waals surface area contributed by atoms with E-state index in [4.69, 9.17) is 9.47 Å². The number of hydrogen-bond acceptors (Lipinski definition) is 8. The summed E-state index contributed by atoms with van der Waals surface area (Å²) in [6, 6.07) is 15.0. The van der Waals surface area contributed by atoms with Crippen molar-refractivity contribution >= 4 is 22.2 Å². The zero-order valence-corrected chi connectivity index (χ0v) is 20.4. The monoisotopic (exact) mass is 509 g/mol. The summed E-state index contributed by atoms with van der Waals surface area (Å²) in [4.78, 5) is 34.2. The van der Waals surface area contributed by atoms with Gasteiger partial charge in [0, 0.05) is 44.4 Å². The van der Waals surface area contributed by atoms with Crippen molar-refractivity contribution in [3.05, 3.63) is 76.5 Å². The highest BCUT2D eigenvalue weighted by Gasteiger charge is 2.22. The summed E-state index contributed by atoms with van der Waals surface area (Å²) in [5.74, 6) is 0.131. The predicted molar refractivity (Wildman–Crippen MR) is 133 cm³/mol. The molecule has 2 aromatic heterocycles. The standard InChI is InChI=1S/C25H24FN5O4S/c1-34-19-8-6-17(7-9-19)24-28-31-22(32)14-18(27-25(31)36-24)15-29-10-12-30(13-11-29)23(33)16-35-21-5-3-2-4-20(21)26/h2-9,14H,10-13,15-16H2,1H3. The highest BCUT2D eigenvalue weighted by atomic mass is 32.1. The van der Waals surface area contributed by atoms with Gasteiger partial charge in [-0.3, -0.25) is 14.5 Å². The topological polar surface area (TPSA) is 89.3 Å². The first-order chi connectivity index (χ1) is 17.5. The van der Waals surface area contributed by atoms with Crippen LogP contribution in [0.25, 0.3) is 15.5 Å². The van der Waals surface area contributed by atoms with Crippen molar-refractivity contribution in [3.63, 3.8) is 0 Å². The number of halogens is 1. The lowest BCUT2D eigenvalue weighted by atomic mass is 10.2. The Hall–Kier alpha value is -3.83. The molecule has 0 atom stereocenters. The smallest absolute Gasteiger partial charge is 0.275 e. The molecule has 1 saturated heterocycles. The number of nitrogens with zero attached hydrogens (tertiary/aromatic N) is 5. The molecule has 0 saturated carbocycles. The lowest BCUT2D eigenvalue weighted by molar-refractivity contribution is -0.135. The quantitative estimate of drug-likeness (QED) is 0.379. The van der Waals surface area contributed by atoms with Crippen molar-refractivity contribution in [2.24, 2.45) is 0 Å². The minimum absolute atomic E-state index is 0.0652. The fraction of sp³-hybridized carbons (Fsp3) is 0.280. The molecule has 0 spiro atoms. The molecule has 0 radical (unpaired) electrons. The summed E-state index contributed by atoms with van der Waals surface area (Å²) >= 11 is 1.35. The van der Waals surface area contributed by atoms with Gasteiger partial charge in [0.15, 0.2) is 18.2 Å². The van der Waals surface area contributed by atoms with Gasteiger partial charge in [-0.05, 0) is 36.4 Å². The number of hydrogen-bond donors (Lipinski definition) is 0. The highest BCUT2D eigenvalue weighted by molar-refractivity contribution is 7.19. The Labute approximate surface area is 210 Å². The first-order valence-electron chi connectivity index (χ1n) is 11.4. The number of methoxy groups -OCH3 is 1. The van der Waals surface area contributed by atoms with Crippen LogP contribution in [0.1, 0.15) is 5.69 Å². The lowest BCUT2D eigenvalue weighted by Gasteiger charge is -2.34. The number of carbonyl (C=O) groups is 1. The third kappa shape index (κ3) is 5.21. The van der Waals surface area contributed by atoms with E-state index in [1.165, 1.54) is 34.1 Å². The lowest BCUT2D eigenvalue weighted by Crippen LogP contribution is -2.49. The van der Waals surface area contributed by atoms with Gasteiger partial charge in [0.1, 0.15) is 10.8 Å². The van der Waals surface area contributed by atoms with Gasteiger partial charge >= 0.3 is 0 Å². The molecule has 3 heterocycles. The van der Waals surface area contributed by atoms with E-state index in [1.807, 2.05) is 24.3 Å². The average molecular weight is 510 g/mol. The number of para-hydroxylation sites is 1. The first-order valence-corrected chi connectivity index (χ1v) is 12.2. The van der Waals surface area contributed by atoms with E-state index in [1.54, 1.807) is 24.1 Å². The first kappa shape index (κ1) is 23.9. The van der Waals surface area contributed by atoms with Crippen LogP contribution in [-0.4, -0.2) is 70.2 Å². The fourth-order valence-electron chi connectivity index (χ4n) is 3.96.